The standard InChI is InChI=1S/C19H17FN2O3S/c1-4-25-19(24)16-11(2)12(3)26-18(16)22-17(23)14(10-21)9-13-7-5-6-8-15(13)20/h5-9H,4H2,1-3H3,(H,22,23). The van der Waals surface area contributed by atoms with Crippen molar-refractivity contribution in [3.8, 4) is 6.07 Å². The van der Waals surface area contributed by atoms with E-state index in [1.54, 1.807) is 26.0 Å². The van der Waals surface area contributed by atoms with E-state index in [0.717, 1.165) is 4.88 Å². The maximum atomic E-state index is 13.7. The number of thiophene rings is 1. The number of rotatable bonds is 5. The zero-order valence-electron chi connectivity index (χ0n) is 14.6. The number of hydrogen-bond acceptors (Lipinski definition) is 5. The van der Waals surface area contributed by atoms with Gasteiger partial charge in [-0.3, -0.25) is 4.79 Å². The lowest BCUT2D eigenvalue weighted by Gasteiger charge is -2.07. The van der Waals surface area contributed by atoms with Crippen LogP contribution in [0.1, 0.15) is 33.3 Å². The van der Waals surface area contributed by atoms with Crippen LogP contribution in [0.15, 0.2) is 29.8 Å². The molecule has 1 aromatic heterocycles. The Kier molecular flexibility index (Phi) is 6.26. The Morgan fingerprint density at radius 3 is 2.65 bits per heavy atom. The highest BCUT2D eigenvalue weighted by Crippen LogP contribution is 2.33. The molecule has 0 atom stereocenters. The second kappa shape index (κ2) is 8.41. The number of aryl methyl sites for hydroxylation is 1. The summed E-state index contributed by atoms with van der Waals surface area (Å²) in [6.07, 6.45) is 1.17. The zero-order valence-corrected chi connectivity index (χ0v) is 15.4. The van der Waals surface area contributed by atoms with Gasteiger partial charge in [-0.15, -0.1) is 11.3 Å². The minimum absolute atomic E-state index is 0.128. The number of ether oxygens (including phenoxy) is 1. The molecule has 0 fully saturated rings. The third-order valence-electron chi connectivity index (χ3n) is 3.66. The number of amides is 1. The first-order valence-corrected chi connectivity index (χ1v) is 8.65. The molecule has 1 aromatic carbocycles. The molecule has 0 saturated carbocycles. The number of hydrogen-bond donors (Lipinski definition) is 1. The number of nitrogens with zero attached hydrogens (tertiary/aromatic N) is 1. The molecule has 1 N–H and O–H groups in total. The molecule has 0 aliphatic rings. The predicted octanol–water partition coefficient (Wildman–Crippen LogP) is 4.23. The average molecular weight is 372 g/mol. The van der Waals surface area contributed by atoms with E-state index in [-0.39, 0.29) is 23.3 Å². The summed E-state index contributed by atoms with van der Waals surface area (Å²) in [5.41, 5.74) is 0.836. The van der Waals surface area contributed by atoms with Crippen molar-refractivity contribution in [2.24, 2.45) is 0 Å². The Morgan fingerprint density at radius 1 is 1.35 bits per heavy atom. The molecule has 7 heteroatoms. The van der Waals surface area contributed by atoms with E-state index in [2.05, 4.69) is 5.32 Å². The Hall–Kier alpha value is -2.98. The molecule has 2 rings (SSSR count). The fourth-order valence-electron chi connectivity index (χ4n) is 2.23. The quantitative estimate of drug-likeness (QED) is 0.484. The van der Waals surface area contributed by atoms with Crippen LogP contribution in [0.2, 0.25) is 0 Å². The fraction of sp³-hybridized carbons (Fsp3) is 0.211. The molecule has 1 amide bonds. The van der Waals surface area contributed by atoms with Crippen LogP contribution in [-0.4, -0.2) is 18.5 Å². The minimum atomic E-state index is -0.720. The Morgan fingerprint density at radius 2 is 2.04 bits per heavy atom. The summed E-state index contributed by atoms with van der Waals surface area (Å²) in [7, 11) is 0. The average Bonchev–Trinajstić information content (AvgIpc) is 2.88. The molecular formula is C19H17FN2O3S. The van der Waals surface area contributed by atoms with E-state index >= 15 is 0 Å². The van der Waals surface area contributed by atoms with Crippen LogP contribution in [0.4, 0.5) is 9.39 Å². The molecule has 134 valence electrons. The van der Waals surface area contributed by atoms with Gasteiger partial charge >= 0.3 is 5.97 Å². The topological polar surface area (TPSA) is 79.2 Å². The van der Waals surface area contributed by atoms with Crippen molar-refractivity contribution in [2.75, 3.05) is 11.9 Å². The van der Waals surface area contributed by atoms with Crippen molar-refractivity contribution in [1.82, 2.24) is 0 Å². The van der Waals surface area contributed by atoms with Crippen molar-refractivity contribution >= 4 is 34.3 Å². The molecule has 0 radical (unpaired) electrons. The summed E-state index contributed by atoms with van der Waals surface area (Å²) in [6, 6.07) is 7.58. The number of esters is 1. The highest BCUT2D eigenvalue weighted by molar-refractivity contribution is 7.16. The van der Waals surface area contributed by atoms with Crippen LogP contribution in [0, 0.1) is 31.0 Å². The second-order valence-corrected chi connectivity index (χ2v) is 6.58. The molecule has 0 saturated heterocycles. The maximum Gasteiger partial charge on any atom is 0.341 e. The molecule has 2 aromatic rings. The van der Waals surface area contributed by atoms with Crippen molar-refractivity contribution in [3.63, 3.8) is 0 Å². The lowest BCUT2D eigenvalue weighted by Crippen LogP contribution is -2.16. The van der Waals surface area contributed by atoms with E-state index in [9.17, 15) is 19.2 Å². The number of benzene rings is 1. The van der Waals surface area contributed by atoms with Gasteiger partial charge in [-0.05, 0) is 38.5 Å². The van der Waals surface area contributed by atoms with Gasteiger partial charge in [-0.25, -0.2) is 9.18 Å². The third kappa shape index (κ3) is 4.16. The van der Waals surface area contributed by atoms with Gasteiger partial charge < -0.3 is 10.1 Å². The summed E-state index contributed by atoms with van der Waals surface area (Å²) < 4.78 is 18.8. The molecule has 26 heavy (non-hydrogen) atoms. The lowest BCUT2D eigenvalue weighted by atomic mass is 10.1. The SMILES string of the molecule is CCOC(=O)c1c(NC(=O)C(C#N)=Cc2ccccc2F)sc(C)c1C. The minimum Gasteiger partial charge on any atom is -0.462 e. The first kappa shape index (κ1) is 19.3. The smallest absolute Gasteiger partial charge is 0.341 e. The molecule has 0 spiro atoms. The molecule has 1 heterocycles. The first-order chi connectivity index (χ1) is 12.4. The highest BCUT2D eigenvalue weighted by Gasteiger charge is 2.23. The van der Waals surface area contributed by atoms with E-state index in [4.69, 9.17) is 4.74 Å². The fourth-order valence-corrected chi connectivity index (χ4v) is 3.27. The van der Waals surface area contributed by atoms with Gasteiger partial charge in [0, 0.05) is 10.4 Å². The van der Waals surface area contributed by atoms with Crippen LogP contribution in [0.3, 0.4) is 0 Å². The molecule has 0 aliphatic heterocycles. The van der Waals surface area contributed by atoms with Gasteiger partial charge in [0.15, 0.2) is 0 Å². The number of carbonyl (C=O) groups excluding carboxylic acids is 2. The third-order valence-corrected chi connectivity index (χ3v) is 4.78. The lowest BCUT2D eigenvalue weighted by molar-refractivity contribution is -0.112. The molecular weight excluding hydrogens is 355 g/mol. The molecule has 0 bridgehead atoms. The molecule has 5 nitrogen and oxygen atoms in total. The number of halogens is 1. The van der Waals surface area contributed by atoms with Gasteiger partial charge in [-0.2, -0.15) is 5.26 Å². The summed E-state index contributed by atoms with van der Waals surface area (Å²) >= 11 is 1.22. The van der Waals surface area contributed by atoms with Crippen LogP contribution >= 0.6 is 11.3 Å². The molecule has 0 unspecified atom stereocenters. The first-order valence-electron chi connectivity index (χ1n) is 7.83. The number of anilines is 1. The van der Waals surface area contributed by atoms with Crippen LogP contribution in [-0.2, 0) is 9.53 Å². The van der Waals surface area contributed by atoms with Gasteiger partial charge in [0.2, 0.25) is 0 Å². The highest BCUT2D eigenvalue weighted by atomic mass is 32.1. The van der Waals surface area contributed by atoms with E-state index in [1.165, 1.54) is 35.6 Å². The molecule has 0 aliphatic carbocycles. The van der Waals surface area contributed by atoms with Crippen molar-refractivity contribution in [3.05, 3.63) is 57.2 Å². The number of carbonyl (C=O) groups is 2. The number of nitrogens with one attached hydrogen (secondary N) is 1. The van der Waals surface area contributed by atoms with Gasteiger partial charge in [-0.1, -0.05) is 18.2 Å². The second-order valence-electron chi connectivity index (χ2n) is 5.35. The van der Waals surface area contributed by atoms with E-state index in [0.29, 0.717) is 10.6 Å². The van der Waals surface area contributed by atoms with Gasteiger partial charge in [0.05, 0.1) is 12.2 Å². The normalized spacial score (nSPS) is 11.0. The summed E-state index contributed by atoms with van der Waals surface area (Å²) in [4.78, 5) is 25.5. The van der Waals surface area contributed by atoms with Crippen molar-refractivity contribution in [2.45, 2.75) is 20.8 Å². The maximum absolute atomic E-state index is 13.7. The zero-order chi connectivity index (χ0) is 19.3. The Bertz CT molecular complexity index is 925. The van der Waals surface area contributed by atoms with Crippen molar-refractivity contribution in [1.29, 1.82) is 5.26 Å². The predicted molar refractivity (Wildman–Crippen MR) is 98.4 cm³/mol. The summed E-state index contributed by atoms with van der Waals surface area (Å²) in [5.74, 6) is -1.80. The van der Waals surface area contributed by atoms with E-state index < -0.39 is 17.7 Å². The number of nitriles is 1. The monoisotopic (exact) mass is 372 g/mol. The van der Waals surface area contributed by atoms with E-state index in [1.807, 2.05) is 6.92 Å². The van der Waals surface area contributed by atoms with Crippen LogP contribution in [0.25, 0.3) is 6.08 Å². The van der Waals surface area contributed by atoms with Crippen molar-refractivity contribution < 1.29 is 18.7 Å². The van der Waals surface area contributed by atoms with Crippen LogP contribution in [0.5, 0.6) is 0 Å². The summed E-state index contributed by atoms with van der Waals surface area (Å²) in [6.45, 7) is 5.47. The summed E-state index contributed by atoms with van der Waals surface area (Å²) in [5, 5.41) is 12.1. The largest absolute Gasteiger partial charge is 0.462 e. The Balaban J connectivity index is 2.35. The Labute approximate surface area is 154 Å². The van der Waals surface area contributed by atoms with Gasteiger partial charge in [0.1, 0.15) is 22.5 Å². The van der Waals surface area contributed by atoms with Crippen LogP contribution < -0.4 is 5.32 Å². The van der Waals surface area contributed by atoms with Gasteiger partial charge in [0.25, 0.3) is 5.91 Å².